The predicted molar refractivity (Wildman–Crippen MR) is 78.8 cm³/mol. The van der Waals surface area contributed by atoms with Gasteiger partial charge >= 0.3 is 0 Å². The van der Waals surface area contributed by atoms with Crippen LogP contribution in [-0.2, 0) is 10.3 Å². The normalized spacial score (nSPS) is 23.3. The Morgan fingerprint density at radius 2 is 2.19 bits per heavy atom. The first kappa shape index (κ1) is 14.2. The zero-order valence-electron chi connectivity index (χ0n) is 12.5. The number of aromatic nitrogens is 2. The van der Waals surface area contributed by atoms with E-state index < -0.39 is 0 Å². The van der Waals surface area contributed by atoms with Gasteiger partial charge in [-0.25, -0.2) is 0 Å². The van der Waals surface area contributed by atoms with Gasteiger partial charge in [-0.15, -0.1) is 0 Å². The molecule has 1 aromatic heterocycles. The van der Waals surface area contributed by atoms with E-state index in [4.69, 9.17) is 9.26 Å². The zero-order chi connectivity index (χ0) is 14.7. The summed E-state index contributed by atoms with van der Waals surface area (Å²) in [5, 5.41) is 7.59. The molecule has 1 saturated heterocycles. The van der Waals surface area contributed by atoms with Gasteiger partial charge in [0.2, 0.25) is 11.7 Å². The molecule has 2 unspecified atom stereocenters. The highest BCUT2D eigenvalue weighted by Gasteiger charge is 2.36. The van der Waals surface area contributed by atoms with Crippen molar-refractivity contribution in [2.24, 2.45) is 0 Å². The van der Waals surface area contributed by atoms with Gasteiger partial charge in [0.15, 0.2) is 0 Å². The van der Waals surface area contributed by atoms with Gasteiger partial charge < -0.3 is 14.6 Å². The van der Waals surface area contributed by atoms with Crippen LogP contribution in [0.4, 0.5) is 0 Å². The first-order chi connectivity index (χ1) is 10.2. The van der Waals surface area contributed by atoms with Crippen LogP contribution >= 0.6 is 0 Å². The molecule has 1 aliphatic heterocycles. The van der Waals surface area contributed by atoms with Crippen molar-refractivity contribution in [3.05, 3.63) is 47.6 Å². The Labute approximate surface area is 124 Å². The molecule has 5 nitrogen and oxygen atoms in total. The lowest BCUT2D eigenvalue weighted by molar-refractivity contribution is 0.0833. The van der Waals surface area contributed by atoms with Crippen LogP contribution in [0.25, 0.3) is 0 Å². The molecule has 0 saturated carbocycles. The molecule has 1 fully saturated rings. The van der Waals surface area contributed by atoms with Gasteiger partial charge in [-0.3, -0.25) is 0 Å². The van der Waals surface area contributed by atoms with E-state index in [0.29, 0.717) is 18.3 Å². The summed E-state index contributed by atoms with van der Waals surface area (Å²) in [4.78, 5) is 4.59. The van der Waals surface area contributed by atoms with E-state index in [1.54, 1.807) is 0 Å². The van der Waals surface area contributed by atoms with Gasteiger partial charge in [0.05, 0.1) is 5.54 Å². The zero-order valence-corrected chi connectivity index (χ0v) is 12.5. The molecule has 1 aliphatic rings. The summed E-state index contributed by atoms with van der Waals surface area (Å²) in [5.74, 6) is 1.24. The van der Waals surface area contributed by atoms with E-state index in [0.717, 1.165) is 24.9 Å². The second kappa shape index (κ2) is 5.95. The largest absolute Gasteiger partial charge is 0.366 e. The van der Waals surface area contributed by atoms with Gasteiger partial charge in [-0.05, 0) is 38.8 Å². The molecule has 3 rings (SSSR count). The maximum Gasteiger partial charge on any atom is 0.246 e. The summed E-state index contributed by atoms with van der Waals surface area (Å²) >= 11 is 0. The van der Waals surface area contributed by atoms with Crippen LogP contribution in [0.3, 0.4) is 0 Å². The van der Waals surface area contributed by atoms with Crippen LogP contribution in [-0.4, -0.2) is 23.3 Å². The topological polar surface area (TPSA) is 60.2 Å². The molecule has 0 bridgehead atoms. The minimum atomic E-state index is -0.279. The molecule has 2 atom stereocenters. The SMILES string of the molecule is CCOC(c1ccccc1)c1noc(C2(C)CCCN2)n1. The van der Waals surface area contributed by atoms with E-state index in [-0.39, 0.29) is 11.6 Å². The molecule has 0 amide bonds. The molecular formula is C16H21N3O2. The van der Waals surface area contributed by atoms with Crippen LogP contribution < -0.4 is 5.32 Å². The number of benzene rings is 1. The van der Waals surface area contributed by atoms with E-state index in [1.165, 1.54) is 0 Å². The average molecular weight is 287 g/mol. The molecule has 1 N–H and O–H groups in total. The standard InChI is InChI=1S/C16H21N3O2/c1-3-20-13(12-8-5-4-6-9-12)14-18-15(21-19-14)16(2)10-7-11-17-16/h4-6,8-9,13,17H,3,7,10-11H2,1-2H3. The molecule has 2 aromatic rings. The fourth-order valence-corrected chi connectivity index (χ4v) is 2.76. The highest BCUT2D eigenvalue weighted by Crippen LogP contribution is 2.31. The van der Waals surface area contributed by atoms with Crippen molar-refractivity contribution in [3.8, 4) is 0 Å². The van der Waals surface area contributed by atoms with E-state index in [2.05, 4.69) is 22.4 Å². The molecule has 0 aliphatic carbocycles. The molecule has 21 heavy (non-hydrogen) atoms. The van der Waals surface area contributed by atoms with Crippen LogP contribution in [0.15, 0.2) is 34.9 Å². The van der Waals surface area contributed by atoms with Gasteiger partial charge in [-0.2, -0.15) is 4.98 Å². The predicted octanol–water partition coefficient (Wildman–Crippen LogP) is 2.79. The summed E-state index contributed by atoms with van der Waals surface area (Å²) < 4.78 is 11.3. The third-order valence-electron chi connectivity index (χ3n) is 3.95. The summed E-state index contributed by atoms with van der Waals surface area (Å²) in [7, 11) is 0. The fourth-order valence-electron chi connectivity index (χ4n) is 2.76. The van der Waals surface area contributed by atoms with Crippen LogP contribution in [0, 0.1) is 0 Å². The summed E-state index contributed by atoms with van der Waals surface area (Å²) in [6, 6.07) is 10.00. The van der Waals surface area contributed by atoms with Crippen LogP contribution in [0.5, 0.6) is 0 Å². The van der Waals surface area contributed by atoms with Gasteiger partial charge in [0.25, 0.3) is 0 Å². The Morgan fingerprint density at radius 3 is 2.86 bits per heavy atom. The smallest absolute Gasteiger partial charge is 0.246 e. The molecular weight excluding hydrogens is 266 g/mol. The minimum Gasteiger partial charge on any atom is -0.366 e. The van der Waals surface area contributed by atoms with Crippen molar-refractivity contribution in [2.45, 2.75) is 38.3 Å². The summed E-state index contributed by atoms with van der Waals surface area (Å²) in [5.41, 5.74) is 0.829. The van der Waals surface area contributed by atoms with Crippen LogP contribution in [0.1, 0.15) is 50.1 Å². The number of nitrogens with one attached hydrogen (secondary N) is 1. The third kappa shape index (κ3) is 2.84. The van der Waals surface area contributed by atoms with Crippen molar-refractivity contribution >= 4 is 0 Å². The summed E-state index contributed by atoms with van der Waals surface area (Å²) in [6.45, 7) is 5.66. The van der Waals surface area contributed by atoms with Gasteiger partial charge in [-0.1, -0.05) is 35.5 Å². The third-order valence-corrected chi connectivity index (χ3v) is 3.95. The maximum atomic E-state index is 5.82. The van der Waals surface area contributed by atoms with Crippen molar-refractivity contribution < 1.29 is 9.26 Å². The highest BCUT2D eigenvalue weighted by molar-refractivity contribution is 5.23. The minimum absolute atomic E-state index is 0.210. The first-order valence-corrected chi connectivity index (χ1v) is 7.48. The molecule has 0 spiro atoms. The lowest BCUT2D eigenvalue weighted by Crippen LogP contribution is -2.33. The Hall–Kier alpha value is -1.72. The van der Waals surface area contributed by atoms with Gasteiger partial charge in [0, 0.05) is 6.61 Å². The number of ether oxygens (including phenoxy) is 1. The van der Waals surface area contributed by atoms with Crippen molar-refractivity contribution in [1.82, 2.24) is 15.5 Å². The number of nitrogens with zero attached hydrogens (tertiary/aromatic N) is 2. The monoisotopic (exact) mass is 287 g/mol. The van der Waals surface area contributed by atoms with Crippen molar-refractivity contribution in [2.75, 3.05) is 13.2 Å². The summed E-state index contributed by atoms with van der Waals surface area (Å²) in [6.07, 6.45) is 1.86. The molecule has 5 heteroatoms. The number of rotatable bonds is 5. The molecule has 1 aromatic carbocycles. The Morgan fingerprint density at radius 1 is 1.38 bits per heavy atom. The van der Waals surface area contributed by atoms with Crippen molar-refractivity contribution in [1.29, 1.82) is 0 Å². The average Bonchev–Trinajstić information content (AvgIpc) is 3.16. The highest BCUT2D eigenvalue weighted by atomic mass is 16.5. The Bertz CT molecular complexity index is 576. The van der Waals surface area contributed by atoms with Crippen molar-refractivity contribution in [3.63, 3.8) is 0 Å². The molecule has 112 valence electrons. The molecule has 2 heterocycles. The quantitative estimate of drug-likeness (QED) is 0.916. The Balaban J connectivity index is 1.89. The van der Waals surface area contributed by atoms with E-state index in [9.17, 15) is 0 Å². The van der Waals surface area contributed by atoms with E-state index in [1.807, 2.05) is 37.3 Å². The molecule has 0 radical (unpaired) electrons. The maximum absolute atomic E-state index is 5.82. The lowest BCUT2D eigenvalue weighted by atomic mass is 10.0. The second-order valence-electron chi connectivity index (χ2n) is 5.57. The Kier molecular flexibility index (Phi) is 4.03. The first-order valence-electron chi connectivity index (χ1n) is 7.48. The fraction of sp³-hybridized carbons (Fsp3) is 0.500. The number of hydrogen-bond donors (Lipinski definition) is 1. The van der Waals surface area contributed by atoms with Gasteiger partial charge in [0.1, 0.15) is 6.10 Å². The lowest BCUT2D eigenvalue weighted by Gasteiger charge is -2.18. The number of hydrogen-bond acceptors (Lipinski definition) is 5. The van der Waals surface area contributed by atoms with Crippen LogP contribution in [0.2, 0.25) is 0 Å². The van der Waals surface area contributed by atoms with E-state index >= 15 is 0 Å². The second-order valence-corrected chi connectivity index (χ2v) is 5.57.